The highest BCUT2D eigenvalue weighted by atomic mass is 15.2. The van der Waals surface area contributed by atoms with Gasteiger partial charge >= 0.3 is 6.85 Å². The molecule has 1 aliphatic rings. The number of aromatic nitrogens is 1. The van der Waals surface area contributed by atoms with Gasteiger partial charge in [-0.25, -0.2) is 4.57 Å². The first kappa shape index (κ1) is 9.81. The lowest BCUT2D eigenvalue weighted by molar-refractivity contribution is -0.658. The van der Waals surface area contributed by atoms with Gasteiger partial charge in [-0.3, -0.25) is 4.81 Å². The lowest BCUT2D eigenvalue weighted by atomic mass is 9.54. The highest BCUT2D eigenvalue weighted by Crippen LogP contribution is 2.19. The fourth-order valence-corrected chi connectivity index (χ4v) is 2.75. The van der Waals surface area contributed by atoms with Crippen LogP contribution in [0.5, 0.6) is 0 Å². The molecule has 0 N–H and O–H groups in total. The van der Waals surface area contributed by atoms with Crippen molar-refractivity contribution in [3.05, 3.63) is 59.4 Å². The van der Waals surface area contributed by atoms with Gasteiger partial charge in [0, 0.05) is 10.2 Å². The topological polar surface area (TPSA) is 7.12 Å². The van der Waals surface area contributed by atoms with Crippen molar-refractivity contribution in [2.24, 2.45) is 7.05 Å². The van der Waals surface area contributed by atoms with E-state index < -0.39 is 6.85 Å². The Morgan fingerprint density at radius 1 is 1.25 bits per heavy atom. The lowest BCUT2D eigenvalue weighted by Crippen LogP contribution is -2.51. The van der Waals surface area contributed by atoms with Crippen LogP contribution < -0.4 is 14.8 Å². The molecule has 0 bridgehead atoms. The van der Waals surface area contributed by atoms with Gasteiger partial charge in [-0.1, -0.05) is 24.3 Å². The zero-order chi connectivity index (χ0) is 16.8. The van der Waals surface area contributed by atoms with Crippen LogP contribution in [-0.4, -0.2) is 6.85 Å². The molecule has 2 heterocycles. The van der Waals surface area contributed by atoms with Gasteiger partial charge in [0.05, 0.1) is 19.4 Å². The van der Waals surface area contributed by atoms with E-state index in [-0.39, 0.29) is 6.85 Å². The first-order valence-corrected chi connectivity index (χ1v) is 6.85. The zero-order valence-corrected chi connectivity index (χ0v) is 12.1. The third-order valence-electron chi connectivity index (χ3n) is 4.00. The van der Waals surface area contributed by atoms with E-state index in [0.29, 0.717) is 5.56 Å². The van der Waals surface area contributed by atoms with Crippen molar-refractivity contribution in [1.29, 1.82) is 0 Å². The van der Waals surface area contributed by atoms with E-state index in [1.54, 1.807) is 6.20 Å². The Labute approximate surface area is 125 Å². The monoisotopic (exact) mass is 266 g/mol. The maximum Gasteiger partial charge on any atom is 0.409 e. The largest absolute Gasteiger partial charge is 0.409 e. The zero-order valence-electron chi connectivity index (χ0n) is 15.1. The average molecular weight is 266 g/mol. The van der Waals surface area contributed by atoms with E-state index in [9.17, 15) is 0 Å². The van der Waals surface area contributed by atoms with Crippen LogP contribution in [0.1, 0.15) is 20.8 Å². The Morgan fingerprint density at radius 2 is 2.05 bits per heavy atom. The maximum absolute atomic E-state index is 7.65. The fourth-order valence-electron chi connectivity index (χ4n) is 2.75. The summed E-state index contributed by atoms with van der Waals surface area (Å²) in [7, 11) is 1.89. The van der Waals surface area contributed by atoms with Crippen LogP contribution in [0.4, 0.5) is 5.82 Å². The van der Waals surface area contributed by atoms with Gasteiger partial charge in [0.1, 0.15) is 0 Å². The van der Waals surface area contributed by atoms with Gasteiger partial charge in [0.2, 0.25) is 0 Å². The van der Waals surface area contributed by atoms with Gasteiger partial charge < -0.3 is 0 Å². The molecule has 0 unspecified atom stereocenters. The number of pyridine rings is 1. The fraction of sp³-hybridized carbons (Fsp3) is 0.235. The van der Waals surface area contributed by atoms with Crippen molar-refractivity contribution in [2.75, 3.05) is 4.81 Å². The summed E-state index contributed by atoms with van der Waals surface area (Å²) in [6, 6.07) is 10.3. The highest BCUT2D eigenvalue weighted by Gasteiger charge is 2.33. The second-order valence-electron chi connectivity index (χ2n) is 5.37. The Morgan fingerprint density at radius 3 is 2.85 bits per heavy atom. The molecule has 3 heteroatoms. The molecule has 0 aliphatic carbocycles. The van der Waals surface area contributed by atoms with Gasteiger partial charge in [0.15, 0.2) is 0 Å². The summed E-state index contributed by atoms with van der Waals surface area (Å²) in [6.07, 6.45) is 5.89. The minimum absolute atomic E-state index is 0.195. The number of benzene rings is 1. The molecule has 0 spiro atoms. The molecule has 0 atom stereocenters. The van der Waals surface area contributed by atoms with Crippen molar-refractivity contribution in [1.82, 2.24) is 0 Å². The lowest BCUT2D eigenvalue weighted by Gasteiger charge is -2.24. The van der Waals surface area contributed by atoms with Crippen LogP contribution in [0.15, 0.2) is 42.7 Å². The minimum Gasteiger partial charge on any atom is -0.293 e. The van der Waals surface area contributed by atoms with Crippen molar-refractivity contribution >= 4 is 24.2 Å². The quantitative estimate of drug-likeness (QED) is 0.568. The number of aryl methyl sites for hydroxylation is 3. The van der Waals surface area contributed by atoms with E-state index in [4.69, 9.17) is 4.11 Å². The first-order chi connectivity index (χ1) is 10.8. The molecule has 100 valence electrons. The Bertz CT molecular complexity index is 784. The summed E-state index contributed by atoms with van der Waals surface area (Å²) in [5.74, 6) is 0.980. The standard InChI is InChI=1S/C17H20BN2/c1-13-11-17(19(4)12-14(13)2)20-10-9-15-7-5-6-8-16(15)18(20)3/h5-12H,1-4H3/q+1/i2D3. The van der Waals surface area contributed by atoms with Crippen LogP contribution in [-0.2, 0) is 7.05 Å². The first-order valence-electron chi connectivity index (χ1n) is 8.35. The number of anilines is 1. The molecule has 0 fully saturated rings. The molecule has 2 nitrogen and oxygen atoms in total. The van der Waals surface area contributed by atoms with E-state index in [0.717, 1.165) is 11.4 Å². The average Bonchev–Trinajstić information content (AvgIpc) is 2.49. The van der Waals surface area contributed by atoms with Gasteiger partial charge in [-0.05, 0) is 48.8 Å². The number of nitrogens with zero attached hydrogens (tertiary/aromatic N) is 2. The van der Waals surface area contributed by atoms with Crippen LogP contribution in [0.3, 0.4) is 0 Å². The molecule has 1 aliphatic heterocycles. The van der Waals surface area contributed by atoms with Crippen molar-refractivity contribution < 1.29 is 8.68 Å². The molecule has 0 saturated heterocycles. The van der Waals surface area contributed by atoms with Crippen LogP contribution in [0, 0.1) is 13.8 Å². The summed E-state index contributed by atoms with van der Waals surface area (Å²) in [4.78, 5) is 2.18. The predicted molar refractivity (Wildman–Crippen MR) is 86.3 cm³/mol. The Kier molecular flexibility index (Phi) is 2.37. The Balaban J connectivity index is 2.06. The van der Waals surface area contributed by atoms with Crippen LogP contribution >= 0.6 is 0 Å². The van der Waals surface area contributed by atoms with E-state index >= 15 is 0 Å². The minimum atomic E-state index is -2.09. The van der Waals surface area contributed by atoms with Crippen LogP contribution in [0.25, 0.3) is 6.08 Å². The second kappa shape index (κ2) is 4.82. The van der Waals surface area contributed by atoms with Crippen LogP contribution in [0.2, 0.25) is 6.82 Å². The van der Waals surface area contributed by atoms with Gasteiger partial charge in [-0.15, -0.1) is 0 Å². The molecule has 1 aromatic heterocycles. The second-order valence-corrected chi connectivity index (χ2v) is 5.37. The van der Waals surface area contributed by atoms with Gasteiger partial charge in [0.25, 0.3) is 5.82 Å². The molecular formula is C17H20BN2+. The molecule has 3 rings (SSSR count). The molecule has 1 aromatic carbocycles. The normalized spacial score (nSPS) is 16.4. The highest BCUT2D eigenvalue weighted by molar-refractivity contribution is 6.77. The number of hydrogen-bond acceptors (Lipinski definition) is 1. The summed E-state index contributed by atoms with van der Waals surface area (Å²) in [5.41, 5.74) is 3.69. The van der Waals surface area contributed by atoms with E-state index in [2.05, 4.69) is 42.1 Å². The van der Waals surface area contributed by atoms with Crippen molar-refractivity contribution in [2.45, 2.75) is 20.6 Å². The molecule has 2 aromatic rings. The molecule has 0 saturated carbocycles. The van der Waals surface area contributed by atoms with Crippen molar-refractivity contribution in [3.8, 4) is 0 Å². The number of fused-ring (bicyclic) bond motifs is 1. The van der Waals surface area contributed by atoms with E-state index in [1.807, 2.05) is 30.7 Å². The maximum atomic E-state index is 7.65. The molecule has 0 amide bonds. The number of rotatable bonds is 1. The molecule has 0 radical (unpaired) electrons. The third-order valence-corrected chi connectivity index (χ3v) is 4.00. The number of hydrogen-bond donors (Lipinski definition) is 0. The smallest absolute Gasteiger partial charge is 0.293 e. The summed E-state index contributed by atoms with van der Waals surface area (Å²) >= 11 is 0. The summed E-state index contributed by atoms with van der Waals surface area (Å²) in [6.45, 7) is 2.13. The Hall–Kier alpha value is -2.03. The van der Waals surface area contributed by atoms with Crippen molar-refractivity contribution in [3.63, 3.8) is 0 Å². The SMILES string of the molecule is [2H]C([2H])([2H])c1c[n+](C)c(N2C=Cc3ccccc3B2C)cc1C. The summed E-state index contributed by atoms with van der Waals surface area (Å²) < 4.78 is 24.9. The molecule has 20 heavy (non-hydrogen) atoms. The van der Waals surface area contributed by atoms with E-state index in [1.165, 1.54) is 11.0 Å². The molecular weight excluding hydrogens is 243 g/mol. The third kappa shape index (κ3) is 2.03. The predicted octanol–water partition coefficient (Wildman–Crippen LogP) is 2.45. The van der Waals surface area contributed by atoms with Gasteiger partial charge in [-0.2, -0.15) is 0 Å². The summed E-state index contributed by atoms with van der Waals surface area (Å²) in [5, 5.41) is 0.